The van der Waals surface area contributed by atoms with Crippen LogP contribution in [-0.4, -0.2) is 0 Å². The molecular weight excluding hydrogens is 348 g/mol. The molecule has 0 aliphatic rings. The highest BCUT2D eigenvalue weighted by Gasteiger charge is 1.94. The minimum Gasteiger partial charge on any atom is -0.103 e. The highest BCUT2D eigenvalue weighted by molar-refractivity contribution is 4.98. The molecule has 0 amide bonds. The van der Waals surface area contributed by atoms with E-state index in [9.17, 15) is 0 Å². The van der Waals surface area contributed by atoms with Crippen LogP contribution >= 0.6 is 0 Å². The van der Waals surface area contributed by atoms with Crippen LogP contribution in [0.1, 0.15) is 174 Å². The van der Waals surface area contributed by atoms with E-state index in [0.717, 1.165) is 12.8 Å². The van der Waals surface area contributed by atoms with E-state index in [1.807, 2.05) is 0 Å². The lowest BCUT2D eigenvalue weighted by Crippen LogP contribution is -1.83. The van der Waals surface area contributed by atoms with Gasteiger partial charge in [-0.15, -0.1) is 11.8 Å². The Hall–Kier alpha value is -0.440. The van der Waals surface area contributed by atoms with E-state index in [4.69, 9.17) is 0 Å². The van der Waals surface area contributed by atoms with Crippen molar-refractivity contribution in [3.8, 4) is 11.8 Å². The highest BCUT2D eigenvalue weighted by atomic mass is 14.0. The summed E-state index contributed by atoms with van der Waals surface area (Å²) in [6.07, 6.45) is 35.1. The molecule has 0 spiro atoms. The van der Waals surface area contributed by atoms with Gasteiger partial charge < -0.3 is 0 Å². The van der Waals surface area contributed by atoms with Gasteiger partial charge in [-0.3, -0.25) is 0 Å². The molecule has 0 aromatic heterocycles. The first kappa shape index (κ1) is 28.6. The third kappa shape index (κ3) is 27.6. The Morgan fingerprint density at radius 2 is 0.483 bits per heavy atom. The second-order valence-corrected chi connectivity index (χ2v) is 9.28. The molecule has 0 fully saturated rings. The van der Waals surface area contributed by atoms with E-state index in [1.54, 1.807) is 0 Å². The predicted molar refractivity (Wildman–Crippen MR) is 135 cm³/mol. The van der Waals surface area contributed by atoms with Gasteiger partial charge in [0, 0.05) is 12.8 Å². The summed E-state index contributed by atoms with van der Waals surface area (Å²) < 4.78 is 0. The normalized spacial score (nSPS) is 10.8. The summed E-state index contributed by atoms with van der Waals surface area (Å²) in [5.74, 6) is 6.80. The lowest BCUT2D eigenvalue weighted by atomic mass is 10.0. The average molecular weight is 405 g/mol. The van der Waals surface area contributed by atoms with E-state index >= 15 is 0 Å². The molecule has 0 heteroatoms. The molecular formula is C29H56. The van der Waals surface area contributed by atoms with E-state index < -0.39 is 0 Å². The molecule has 0 aliphatic carbocycles. The highest BCUT2D eigenvalue weighted by Crippen LogP contribution is 2.13. The average Bonchev–Trinajstić information content (AvgIpc) is 2.74. The van der Waals surface area contributed by atoms with Crippen molar-refractivity contribution in [2.45, 2.75) is 174 Å². The Labute approximate surface area is 186 Å². The van der Waals surface area contributed by atoms with Crippen LogP contribution in [0, 0.1) is 11.8 Å². The Bertz CT molecular complexity index is 332. The van der Waals surface area contributed by atoms with Crippen LogP contribution in [-0.2, 0) is 0 Å². The molecule has 0 saturated heterocycles. The van der Waals surface area contributed by atoms with Gasteiger partial charge in [-0.25, -0.2) is 0 Å². The van der Waals surface area contributed by atoms with Crippen LogP contribution < -0.4 is 0 Å². The minimum absolute atomic E-state index is 1.13. The van der Waals surface area contributed by atoms with Gasteiger partial charge in [0.2, 0.25) is 0 Å². The van der Waals surface area contributed by atoms with Crippen LogP contribution in [0.2, 0.25) is 0 Å². The molecule has 172 valence electrons. The van der Waals surface area contributed by atoms with Crippen molar-refractivity contribution in [1.29, 1.82) is 0 Å². The molecule has 0 aromatic carbocycles. The molecule has 0 atom stereocenters. The fourth-order valence-corrected chi connectivity index (χ4v) is 4.11. The Balaban J connectivity index is 3.07. The van der Waals surface area contributed by atoms with Crippen molar-refractivity contribution in [3.63, 3.8) is 0 Å². The molecule has 0 rings (SSSR count). The van der Waals surface area contributed by atoms with E-state index in [2.05, 4.69) is 25.7 Å². The molecule has 0 nitrogen and oxygen atoms in total. The van der Waals surface area contributed by atoms with Crippen molar-refractivity contribution in [2.75, 3.05) is 0 Å². The van der Waals surface area contributed by atoms with Gasteiger partial charge in [0.1, 0.15) is 0 Å². The maximum absolute atomic E-state index is 3.40. The number of hydrogen-bond donors (Lipinski definition) is 0. The smallest absolute Gasteiger partial charge is 0.00886 e. The summed E-state index contributed by atoms with van der Waals surface area (Å²) in [6, 6.07) is 0. The standard InChI is InChI=1S/C29H56/c1-3-5-7-9-11-13-15-17-19-21-23-25-27-29-28-26-24-22-20-18-16-14-12-10-8-6-4-2/h3-21,23,25-29H2,1-2H3. The molecule has 0 unspecified atom stereocenters. The van der Waals surface area contributed by atoms with Crippen molar-refractivity contribution in [3.05, 3.63) is 0 Å². The zero-order valence-electron chi connectivity index (χ0n) is 20.7. The van der Waals surface area contributed by atoms with Crippen molar-refractivity contribution < 1.29 is 0 Å². The van der Waals surface area contributed by atoms with Crippen LogP contribution in [0.15, 0.2) is 0 Å². The summed E-state index contributed by atoms with van der Waals surface area (Å²) in [6.45, 7) is 4.59. The fraction of sp³-hybridized carbons (Fsp3) is 0.931. The number of rotatable bonds is 23. The molecule has 0 aliphatic heterocycles. The van der Waals surface area contributed by atoms with Crippen LogP contribution in [0.3, 0.4) is 0 Å². The molecule has 0 radical (unpaired) electrons. The first-order valence-corrected chi connectivity index (χ1v) is 13.9. The maximum Gasteiger partial charge on any atom is 0.00886 e. The van der Waals surface area contributed by atoms with Crippen LogP contribution in [0.25, 0.3) is 0 Å². The second-order valence-electron chi connectivity index (χ2n) is 9.28. The quantitative estimate of drug-likeness (QED) is 0.117. The van der Waals surface area contributed by atoms with Gasteiger partial charge in [-0.1, -0.05) is 149 Å². The Kier molecular flexibility index (Phi) is 27.1. The van der Waals surface area contributed by atoms with E-state index in [-0.39, 0.29) is 0 Å². The SMILES string of the molecule is CCCCCCCCCCC#CCCCCCCCCCCCCCCCCC. The van der Waals surface area contributed by atoms with Gasteiger partial charge in [0.05, 0.1) is 0 Å². The van der Waals surface area contributed by atoms with Crippen molar-refractivity contribution in [1.82, 2.24) is 0 Å². The lowest BCUT2D eigenvalue weighted by Gasteiger charge is -2.03. The molecule has 0 bridgehead atoms. The maximum atomic E-state index is 3.40. The molecule has 0 saturated carbocycles. The van der Waals surface area contributed by atoms with Gasteiger partial charge in [0.25, 0.3) is 0 Å². The van der Waals surface area contributed by atoms with Gasteiger partial charge in [0.15, 0.2) is 0 Å². The predicted octanol–water partition coefficient (Wildman–Crippen LogP) is 10.8. The summed E-state index contributed by atoms with van der Waals surface area (Å²) in [4.78, 5) is 0. The number of unbranched alkanes of at least 4 members (excludes halogenated alkanes) is 23. The molecule has 29 heavy (non-hydrogen) atoms. The largest absolute Gasteiger partial charge is 0.103 e. The second kappa shape index (κ2) is 27.6. The van der Waals surface area contributed by atoms with E-state index in [0.29, 0.717) is 0 Å². The van der Waals surface area contributed by atoms with Gasteiger partial charge >= 0.3 is 0 Å². The molecule has 0 aromatic rings. The van der Waals surface area contributed by atoms with E-state index in [1.165, 1.54) is 148 Å². The summed E-state index contributed by atoms with van der Waals surface area (Å²) >= 11 is 0. The van der Waals surface area contributed by atoms with Gasteiger partial charge in [-0.2, -0.15) is 0 Å². The zero-order valence-corrected chi connectivity index (χ0v) is 20.7. The Morgan fingerprint density at radius 1 is 0.276 bits per heavy atom. The summed E-state index contributed by atoms with van der Waals surface area (Å²) in [5, 5.41) is 0. The van der Waals surface area contributed by atoms with Crippen molar-refractivity contribution in [2.24, 2.45) is 0 Å². The first-order chi connectivity index (χ1) is 14.4. The van der Waals surface area contributed by atoms with Crippen LogP contribution in [0.5, 0.6) is 0 Å². The van der Waals surface area contributed by atoms with Crippen molar-refractivity contribution >= 4 is 0 Å². The summed E-state index contributed by atoms with van der Waals surface area (Å²) in [7, 11) is 0. The molecule has 0 N–H and O–H groups in total. The van der Waals surface area contributed by atoms with Gasteiger partial charge in [-0.05, 0) is 12.8 Å². The zero-order chi connectivity index (χ0) is 21.1. The third-order valence-corrected chi connectivity index (χ3v) is 6.19. The monoisotopic (exact) mass is 404 g/mol. The third-order valence-electron chi connectivity index (χ3n) is 6.19. The Morgan fingerprint density at radius 3 is 0.724 bits per heavy atom. The lowest BCUT2D eigenvalue weighted by molar-refractivity contribution is 0.533. The number of hydrogen-bond acceptors (Lipinski definition) is 0. The first-order valence-electron chi connectivity index (χ1n) is 13.9. The minimum atomic E-state index is 1.13. The topological polar surface area (TPSA) is 0 Å². The fourth-order valence-electron chi connectivity index (χ4n) is 4.11. The summed E-state index contributed by atoms with van der Waals surface area (Å²) in [5.41, 5.74) is 0. The van der Waals surface area contributed by atoms with Crippen LogP contribution in [0.4, 0.5) is 0 Å². The molecule has 0 heterocycles.